The van der Waals surface area contributed by atoms with Crippen LogP contribution in [0.25, 0.3) is 0 Å². The van der Waals surface area contributed by atoms with Gasteiger partial charge in [-0.2, -0.15) is 0 Å². The maximum absolute atomic E-state index is 10.9. The van der Waals surface area contributed by atoms with Crippen molar-refractivity contribution in [1.82, 2.24) is 4.90 Å². The molecule has 3 fully saturated rings. The summed E-state index contributed by atoms with van der Waals surface area (Å²) in [6.07, 6.45) is 2.01. The van der Waals surface area contributed by atoms with Crippen LogP contribution >= 0.6 is 0 Å². The Balaban J connectivity index is 1.75. The van der Waals surface area contributed by atoms with Crippen molar-refractivity contribution in [2.75, 3.05) is 40.0 Å². The second-order valence-electron chi connectivity index (χ2n) is 6.54. The molecular formula is C19H25NO4. The quantitative estimate of drug-likeness (QED) is 0.623. The molecule has 2 N–H and O–H groups in total. The minimum Gasteiger partial charge on any atom is -0.491 e. The predicted octanol–water partition coefficient (Wildman–Crippen LogP) is 1.01. The Labute approximate surface area is 143 Å². The van der Waals surface area contributed by atoms with Crippen LogP contribution in [0.1, 0.15) is 24.0 Å². The Kier molecular flexibility index (Phi) is 5.42. The van der Waals surface area contributed by atoms with Crippen LogP contribution in [0.4, 0.5) is 0 Å². The van der Waals surface area contributed by atoms with E-state index in [1.807, 2.05) is 12.1 Å². The minimum absolute atomic E-state index is 0.112. The smallest absolute Gasteiger partial charge is 0.141 e. The normalized spacial score (nSPS) is 28.3. The number of hydrogen-bond donors (Lipinski definition) is 2. The number of benzene rings is 1. The maximum atomic E-state index is 10.9. The Morgan fingerprint density at radius 1 is 1.29 bits per heavy atom. The van der Waals surface area contributed by atoms with Crippen molar-refractivity contribution in [2.24, 2.45) is 5.92 Å². The fourth-order valence-electron chi connectivity index (χ4n) is 3.51. The van der Waals surface area contributed by atoms with E-state index in [2.05, 4.69) is 16.7 Å². The van der Waals surface area contributed by atoms with Gasteiger partial charge in [-0.25, -0.2) is 0 Å². The van der Waals surface area contributed by atoms with Crippen LogP contribution in [0, 0.1) is 17.8 Å². The molecule has 3 aliphatic heterocycles. The average Bonchev–Trinajstić information content (AvgIpc) is 2.61. The average molecular weight is 331 g/mol. The van der Waals surface area contributed by atoms with Gasteiger partial charge in [0.25, 0.3) is 0 Å². The van der Waals surface area contributed by atoms with E-state index in [-0.39, 0.29) is 12.5 Å². The Hall–Kier alpha value is -1.58. The summed E-state index contributed by atoms with van der Waals surface area (Å²) in [7, 11) is 1.63. The van der Waals surface area contributed by atoms with Crippen LogP contribution in [0.5, 0.6) is 5.75 Å². The summed E-state index contributed by atoms with van der Waals surface area (Å²) in [5.74, 6) is 7.11. The van der Waals surface area contributed by atoms with Gasteiger partial charge in [0, 0.05) is 25.1 Å². The molecule has 4 rings (SSSR count). The van der Waals surface area contributed by atoms with E-state index in [0.29, 0.717) is 31.1 Å². The molecule has 1 aromatic rings. The number of aliphatic hydroxyl groups is 2. The minimum atomic E-state index is -0.934. The van der Waals surface area contributed by atoms with Crippen LogP contribution in [0.3, 0.4) is 0 Å². The van der Waals surface area contributed by atoms with Crippen LogP contribution in [0.15, 0.2) is 18.2 Å². The van der Waals surface area contributed by atoms with E-state index in [4.69, 9.17) is 9.47 Å². The second-order valence-corrected chi connectivity index (χ2v) is 6.54. The molecule has 1 unspecified atom stereocenters. The molecule has 3 heterocycles. The Bertz CT molecular complexity index is 628. The fourth-order valence-corrected chi connectivity index (χ4v) is 3.51. The van der Waals surface area contributed by atoms with Crippen molar-refractivity contribution in [3.8, 4) is 17.6 Å². The third kappa shape index (κ3) is 3.73. The van der Waals surface area contributed by atoms with Gasteiger partial charge in [0.05, 0.1) is 13.2 Å². The van der Waals surface area contributed by atoms with Gasteiger partial charge in [-0.05, 0) is 49.7 Å². The molecule has 1 aromatic carbocycles. The molecule has 0 aliphatic carbocycles. The third-order valence-corrected chi connectivity index (χ3v) is 4.94. The van der Waals surface area contributed by atoms with Crippen molar-refractivity contribution in [2.45, 2.75) is 25.0 Å². The number of methoxy groups -OCH3 is 1. The molecule has 0 aromatic heterocycles. The van der Waals surface area contributed by atoms with Crippen LogP contribution in [0.2, 0.25) is 0 Å². The van der Waals surface area contributed by atoms with Gasteiger partial charge in [-0.1, -0.05) is 11.8 Å². The lowest BCUT2D eigenvalue weighted by molar-refractivity contribution is -0.0713. The first-order valence-electron chi connectivity index (χ1n) is 8.48. The second kappa shape index (κ2) is 7.54. The monoisotopic (exact) mass is 331 g/mol. The molecule has 0 amide bonds. The van der Waals surface area contributed by atoms with Gasteiger partial charge < -0.3 is 19.7 Å². The zero-order valence-corrected chi connectivity index (χ0v) is 14.1. The van der Waals surface area contributed by atoms with Crippen molar-refractivity contribution < 1.29 is 19.7 Å². The molecule has 24 heavy (non-hydrogen) atoms. The number of aliphatic hydroxyl groups excluding tert-OH is 1. The van der Waals surface area contributed by atoms with Crippen LogP contribution in [-0.4, -0.2) is 60.7 Å². The van der Waals surface area contributed by atoms with Crippen molar-refractivity contribution in [3.63, 3.8) is 0 Å². The number of piperidine rings is 3. The topological polar surface area (TPSA) is 62.2 Å². The van der Waals surface area contributed by atoms with Crippen molar-refractivity contribution in [1.29, 1.82) is 0 Å². The molecule has 3 aliphatic rings. The number of rotatable bonds is 5. The highest BCUT2D eigenvalue weighted by molar-refractivity contribution is 5.46. The zero-order chi connectivity index (χ0) is 17.0. The first-order chi connectivity index (χ1) is 11.6. The molecule has 5 nitrogen and oxygen atoms in total. The summed E-state index contributed by atoms with van der Waals surface area (Å²) in [5.41, 5.74) is 0.514. The van der Waals surface area contributed by atoms with Gasteiger partial charge in [-0.3, -0.25) is 4.90 Å². The Morgan fingerprint density at radius 2 is 2.08 bits per heavy atom. The first kappa shape index (κ1) is 17.2. The first-order valence-corrected chi connectivity index (χ1v) is 8.48. The summed E-state index contributed by atoms with van der Waals surface area (Å²) in [6, 6.07) is 5.46. The molecule has 130 valence electrons. The number of ether oxygens (including phenoxy) is 2. The van der Waals surface area contributed by atoms with Crippen LogP contribution < -0.4 is 4.74 Å². The van der Waals surface area contributed by atoms with E-state index >= 15 is 0 Å². The molecular weight excluding hydrogens is 306 g/mol. The lowest BCUT2D eigenvalue weighted by Gasteiger charge is -2.47. The highest BCUT2D eigenvalue weighted by atomic mass is 16.5. The van der Waals surface area contributed by atoms with Crippen LogP contribution in [-0.2, 0) is 11.3 Å². The third-order valence-electron chi connectivity index (χ3n) is 4.94. The zero-order valence-electron chi connectivity index (χ0n) is 14.1. The van der Waals surface area contributed by atoms with E-state index < -0.39 is 5.60 Å². The molecule has 1 atom stereocenters. The highest BCUT2D eigenvalue weighted by Crippen LogP contribution is 2.35. The summed E-state index contributed by atoms with van der Waals surface area (Å²) >= 11 is 0. The van der Waals surface area contributed by atoms with Gasteiger partial charge >= 0.3 is 0 Å². The molecule has 0 saturated carbocycles. The molecule has 3 saturated heterocycles. The number of hydrogen-bond acceptors (Lipinski definition) is 5. The van der Waals surface area contributed by atoms with Gasteiger partial charge in [0.15, 0.2) is 0 Å². The largest absolute Gasteiger partial charge is 0.491 e. The van der Waals surface area contributed by atoms with E-state index in [1.54, 1.807) is 13.2 Å². The van der Waals surface area contributed by atoms with Gasteiger partial charge in [0.1, 0.15) is 18.0 Å². The number of fused-ring (bicyclic) bond motifs is 3. The van der Waals surface area contributed by atoms with E-state index in [0.717, 1.165) is 31.5 Å². The summed E-state index contributed by atoms with van der Waals surface area (Å²) in [5, 5.41) is 20.5. The fraction of sp³-hybridized carbons (Fsp3) is 0.579. The van der Waals surface area contributed by atoms with Gasteiger partial charge in [-0.15, -0.1) is 0 Å². The lowest BCUT2D eigenvalue weighted by atomic mass is 9.75. The van der Waals surface area contributed by atoms with Gasteiger partial charge in [0.2, 0.25) is 0 Å². The Morgan fingerprint density at radius 3 is 2.71 bits per heavy atom. The number of nitrogens with zero attached hydrogens (tertiary/aromatic N) is 1. The molecule has 0 spiro atoms. The molecule has 5 heteroatoms. The van der Waals surface area contributed by atoms with E-state index in [9.17, 15) is 10.2 Å². The van der Waals surface area contributed by atoms with E-state index in [1.165, 1.54) is 0 Å². The lowest BCUT2D eigenvalue weighted by Crippen LogP contribution is -2.58. The predicted molar refractivity (Wildman–Crippen MR) is 90.7 cm³/mol. The summed E-state index contributed by atoms with van der Waals surface area (Å²) in [6.45, 7) is 3.61. The van der Waals surface area contributed by atoms with Crippen molar-refractivity contribution >= 4 is 0 Å². The maximum Gasteiger partial charge on any atom is 0.141 e. The SMILES string of the molecule is COCCOc1ccc(C#CC2(O)CN3CCC2CC3)c(CO)c1. The van der Waals surface area contributed by atoms with Crippen molar-refractivity contribution in [3.05, 3.63) is 29.3 Å². The highest BCUT2D eigenvalue weighted by Gasteiger charge is 2.44. The molecule has 0 radical (unpaired) electrons. The molecule has 2 bridgehead atoms. The summed E-state index contributed by atoms with van der Waals surface area (Å²) < 4.78 is 10.5. The standard InChI is InChI=1S/C19H25NO4/c1-23-10-11-24-18-3-2-15(16(12-18)13-21)4-7-19(22)14-20-8-5-17(19)6-9-20/h2-3,12,17,21-22H,5-6,8-11,13-14H2,1H3. The summed E-state index contributed by atoms with van der Waals surface area (Å²) in [4.78, 5) is 2.27.